The maximum absolute atomic E-state index is 12.5. The van der Waals surface area contributed by atoms with Gasteiger partial charge in [0.2, 0.25) is 5.91 Å². The molecule has 0 saturated heterocycles. The van der Waals surface area contributed by atoms with Gasteiger partial charge < -0.3 is 4.90 Å². The van der Waals surface area contributed by atoms with Crippen molar-refractivity contribution in [3.05, 3.63) is 34.9 Å². The van der Waals surface area contributed by atoms with Gasteiger partial charge in [-0.15, -0.1) is 5.10 Å². The fraction of sp³-hybridized carbons (Fsp3) is 0.533. The fourth-order valence-corrected chi connectivity index (χ4v) is 3.14. The summed E-state index contributed by atoms with van der Waals surface area (Å²) >= 11 is 0. The first-order valence-corrected chi connectivity index (χ1v) is 7.54. The minimum absolute atomic E-state index is 0.0186. The van der Waals surface area contributed by atoms with Crippen molar-refractivity contribution in [2.75, 3.05) is 6.54 Å². The summed E-state index contributed by atoms with van der Waals surface area (Å²) < 4.78 is 2.72. The van der Waals surface area contributed by atoms with Crippen molar-refractivity contribution in [2.45, 2.75) is 45.2 Å². The van der Waals surface area contributed by atoms with Crippen molar-refractivity contribution in [3.8, 4) is 0 Å². The molecule has 0 unspecified atom stereocenters. The molecule has 2 aromatic rings. The van der Waals surface area contributed by atoms with Crippen molar-refractivity contribution in [2.24, 2.45) is 0 Å². The van der Waals surface area contributed by atoms with Gasteiger partial charge in [-0.1, -0.05) is 18.9 Å². The molecular weight excluding hydrogens is 268 g/mol. The van der Waals surface area contributed by atoms with Crippen LogP contribution < -0.4 is 5.69 Å². The molecule has 0 bridgehead atoms. The minimum Gasteiger partial charge on any atom is -0.338 e. The minimum atomic E-state index is -0.263. The fourth-order valence-electron chi connectivity index (χ4n) is 3.14. The summed E-state index contributed by atoms with van der Waals surface area (Å²) in [6.45, 7) is 2.69. The van der Waals surface area contributed by atoms with E-state index in [-0.39, 0.29) is 18.1 Å². The lowest BCUT2D eigenvalue weighted by molar-refractivity contribution is -0.134. The molecule has 1 aliphatic carbocycles. The van der Waals surface area contributed by atoms with E-state index in [2.05, 4.69) is 5.10 Å². The Morgan fingerprint density at radius 2 is 2.14 bits per heavy atom. The second-order valence-electron chi connectivity index (χ2n) is 5.49. The first-order chi connectivity index (χ1) is 10.2. The van der Waals surface area contributed by atoms with Gasteiger partial charge >= 0.3 is 5.69 Å². The number of rotatable bonds is 4. The van der Waals surface area contributed by atoms with Gasteiger partial charge in [-0.3, -0.25) is 9.20 Å². The largest absolute Gasteiger partial charge is 0.350 e. The molecule has 6 nitrogen and oxygen atoms in total. The smallest absolute Gasteiger partial charge is 0.338 e. The van der Waals surface area contributed by atoms with Gasteiger partial charge in [0.25, 0.3) is 0 Å². The summed E-state index contributed by atoms with van der Waals surface area (Å²) in [6, 6.07) is 5.69. The zero-order valence-corrected chi connectivity index (χ0v) is 12.2. The van der Waals surface area contributed by atoms with Gasteiger partial charge in [-0.25, -0.2) is 9.48 Å². The highest BCUT2D eigenvalue weighted by atomic mass is 16.2. The number of pyridine rings is 1. The van der Waals surface area contributed by atoms with Crippen LogP contribution in [-0.2, 0) is 11.3 Å². The van der Waals surface area contributed by atoms with E-state index in [1.165, 1.54) is 21.9 Å². The Balaban J connectivity index is 1.82. The second-order valence-corrected chi connectivity index (χ2v) is 5.49. The van der Waals surface area contributed by atoms with Crippen LogP contribution in [0.3, 0.4) is 0 Å². The van der Waals surface area contributed by atoms with E-state index >= 15 is 0 Å². The molecule has 112 valence electrons. The second kappa shape index (κ2) is 5.71. The van der Waals surface area contributed by atoms with Crippen molar-refractivity contribution < 1.29 is 4.79 Å². The molecule has 0 spiro atoms. The van der Waals surface area contributed by atoms with Gasteiger partial charge in [0.05, 0.1) is 0 Å². The number of carbonyl (C=O) groups excluding carboxylic acids is 1. The molecule has 1 saturated carbocycles. The number of fused-ring (bicyclic) bond motifs is 1. The number of carbonyl (C=O) groups is 1. The molecule has 2 heterocycles. The number of aromatic nitrogens is 3. The molecule has 0 atom stereocenters. The van der Waals surface area contributed by atoms with E-state index in [4.69, 9.17) is 0 Å². The maximum Gasteiger partial charge on any atom is 0.350 e. The molecule has 1 aliphatic rings. The summed E-state index contributed by atoms with van der Waals surface area (Å²) in [7, 11) is 0. The summed E-state index contributed by atoms with van der Waals surface area (Å²) in [5.41, 5.74) is 0.306. The van der Waals surface area contributed by atoms with Crippen LogP contribution in [0.5, 0.6) is 0 Å². The predicted octanol–water partition coefficient (Wildman–Crippen LogP) is 1.29. The Kier molecular flexibility index (Phi) is 3.77. The Hall–Kier alpha value is -2.11. The molecule has 2 aromatic heterocycles. The third-order valence-corrected chi connectivity index (χ3v) is 4.20. The normalized spacial score (nSPS) is 15.7. The third-order valence-electron chi connectivity index (χ3n) is 4.20. The third kappa shape index (κ3) is 2.57. The van der Waals surface area contributed by atoms with E-state index in [1.807, 2.05) is 17.9 Å². The number of nitrogens with zero attached hydrogens (tertiary/aromatic N) is 4. The predicted molar refractivity (Wildman–Crippen MR) is 79.1 cm³/mol. The molecule has 0 N–H and O–H groups in total. The van der Waals surface area contributed by atoms with Gasteiger partial charge in [0.15, 0.2) is 5.65 Å². The lowest BCUT2D eigenvalue weighted by atomic mass is 10.2. The van der Waals surface area contributed by atoms with E-state index in [0.717, 1.165) is 12.8 Å². The first-order valence-electron chi connectivity index (χ1n) is 7.54. The molecule has 21 heavy (non-hydrogen) atoms. The van der Waals surface area contributed by atoms with Crippen LogP contribution >= 0.6 is 0 Å². The molecule has 1 amide bonds. The van der Waals surface area contributed by atoms with Crippen molar-refractivity contribution in [1.82, 2.24) is 19.1 Å². The Bertz CT molecular complexity index is 697. The average Bonchev–Trinajstić information content (AvgIpc) is 3.10. The summed E-state index contributed by atoms with van der Waals surface area (Å²) in [5, 5.41) is 4.22. The van der Waals surface area contributed by atoms with E-state index < -0.39 is 0 Å². The Morgan fingerprint density at radius 1 is 1.38 bits per heavy atom. The van der Waals surface area contributed by atoms with E-state index in [1.54, 1.807) is 18.3 Å². The summed E-state index contributed by atoms with van der Waals surface area (Å²) in [5.74, 6) is -0.0186. The van der Waals surface area contributed by atoms with Gasteiger partial charge in [-0.05, 0) is 31.9 Å². The molecule has 0 aliphatic heterocycles. The van der Waals surface area contributed by atoms with Crippen LogP contribution in [0.1, 0.15) is 32.6 Å². The molecule has 0 aromatic carbocycles. The van der Waals surface area contributed by atoms with Crippen LogP contribution in [0.25, 0.3) is 5.65 Å². The Labute approximate surface area is 123 Å². The van der Waals surface area contributed by atoms with Crippen LogP contribution in [0.15, 0.2) is 29.2 Å². The summed E-state index contributed by atoms with van der Waals surface area (Å²) in [6.07, 6.45) is 6.17. The Morgan fingerprint density at radius 3 is 2.81 bits per heavy atom. The van der Waals surface area contributed by atoms with Crippen molar-refractivity contribution in [1.29, 1.82) is 0 Å². The maximum atomic E-state index is 12.5. The molecule has 3 rings (SSSR count). The molecule has 6 heteroatoms. The highest BCUT2D eigenvalue weighted by Crippen LogP contribution is 2.23. The monoisotopic (exact) mass is 288 g/mol. The van der Waals surface area contributed by atoms with E-state index in [9.17, 15) is 9.59 Å². The molecule has 0 radical (unpaired) electrons. The highest BCUT2D eigenvalue weighted by Gasteiger charge is 2.26. The lowest BCUT2D eigenvalue weighted by Gasteiger charge is -2.27. The standard InChI is InChI=1S/C15H20N4O2/c1-2-17(12-7-3-4-8-12)14(20)11-19-15(21)18-10-6-5-9-13(18)16-19/h5-6,9-10,12H,2-4,7-8,11H2,1H3. The molecule has 1 fully saturated rings. The quantitative estimate of drug-likeness (QED) is 0.851. The molecular formula is C15H20N4O2. The van der Waals surface area contributed by atoms with Gasteiger partial charge in [0.1, 0.15) is 6.54 Å². The average molecular weight is 288 g/mol. The topological polar surface area (TPSA) is 59.6 Å². The first kappa shape index (κ1) is 13.9. The number of hydrogen-bond donors (Lipinski definition) is 0. The van der Waals surface area contributed by atoms with Crippen LogP contribution in [0, 0.1) is 0 Å². The number of hydrogen-bond acceptors (Lipinski definition) is 3. The van der Waals surface area contributed by atoms with Crippen LogP contribution in [0.2, 0.25) is 0 Å². The van der Waals surface area contributed by atoms with Crippen molar-refractivity contribution in [3.63, 3.8) is 0 Å². The summed E-state index contributed by atoms with van der Waals surface area (Å²) in [4.78, 5) is 26.6. The van der Waals surface area contributed by atoms with Gasteiger partial charge in [-0.2, -0.15) is 0 Å². The van der Waals surface area contributed by atoms with Crippen LogP contribution in [-0.4, -0.2) is 37.6 Å². The zero-order valence-electron chi connectivity index (χ0n) is 12.2. The van der Waals surface area contributed by atoms with E-state index in [0.29, 0.717) is 18.2 Å². The van der Waals surface area contributed by atoms with Crippen molar-refractivity contribution >= 4 is 11.6 Å². The SMILES string of the molecule is CCN(C(=O)Cn1nc2ccccn2c1=O)C1CCCC1. The lowest BCUT2D eigenvalue weighted by Crippen LogP contribution is -2.42. The highest BCUT2D eigenvalue weighted by molar-refractivity contribution is 5.76. The van der Waals surface area contributed by atoms with Crippen LogP contribution in [0.4, 0.5) is 0 Å². The zero-order chi connectivity index (χ0) is 14.8. The number of likely N-dealkylation sites (N-methyl/N-ethyl adjacent to an activating group) is 1. The number of amides is 1. The van der Waals surface area contributed by atoms with Gasteiger partial charge in [0, 0.05) is 18.8 Å².